The van der Waals surface area contributed by atoms with Gasteiger partial charge < -0.3 is 9.64 Å². The molecule has 1 heterocycles. The number of hydrogen-bond acceptors (Lipinski definition) is 4. The first-order valence-electron chi connectivity index (χ1n) is 10.1. The summed E-state index contributed by atoms with van der Waals surface area (Å²) in [6, 6.07) is 12.4. The van der Waals surface area contributed by atoms with Crippen molar-refractivity contribution in [3.63, 3.8) is 0 Å². The largest absolute Gasteiger partial charge is 0.484 e. The zero-order valence-corrected chi connectivity index (χ0v) is 17.9. The third-order valence-electron chi connectivity index (χ3n) is 5.18. The first kappa shape index (κ1) is 22.2. The monoisotopic (exact) mass is 434 g/mol. The van der Waals surface area contributed by atoms with E-state index in [9.17, 15) is 17.6 Å². The van der Waals surface area contributed by atoms with E-state index in [0.717, 1.165) is 25.7 Å². The Morgan fingerprint density at radius 3 is 2.30 bits per heavy atom. The van der Waals surface area contributed by atoms with Crippen molar-refractivity contribution < 1.29 is 22.3 Å². The van der Waals surface area contributed by atoms with Crippen LogP contribution in [0, 0.1) is 5.82 Å². The lowest BCUT2D eigenvalue weighted by atomic mass is 10.2. The number of benzene rings is 2. The molecule has 0 unspecified atom stereocenters. The van der Waals surface area contributed by atoms with Crippen molar-refractivity contribution in [2.45, 2.75) is 37.1 Å². The van der Waals surface area contributed by atoms with Crippen LogP contribution in [0.5, 0.6) is 5.75 Å². The van der Waals surface area contributed by atoms with Crippen LogP contribution in [-0.4, -0.2) is 50.3 Å². The first-order chi connectivity index (χ1) is 14.4. The average Bonchev–Trinajstić information content (AvgIpc) is 3.04. The Bertz CT molecular complexity index is 955. The summed E-state index contributed by atoms with van der Waals surface area (Å²) in [5.41, 5.74) is 0.427. The summed E-state index contributed by atoms with van der Waals surface area (Å²) in [5.74, 6) is -0.267. The predicted octanol–water partition coefficient (Wildman–Crippen LogP) is 3.43. The SMILES string of the molecule is CN(Cc1ccccc1F)C(=O)COc1ccc(S(=O)(=O)N2CCCCCC2)cc1. The molecule has 1 amide bonds. The van der Waals surface area contributed by atoms with Gasteiger partial charge in [0.1, 0.15) is 11.6 Å². The molecule has 2 aromatic rings. The van der Waals surface area contributed by atoms with Crippen molar-refractivity contribution in [3.8, 4) is 5.75 Å². The van der Waals surface area contributed by atoms with Crippen LogP contribution in [0.2, 0.25) is 0 Å². The van der Waals surface area contributed by atoms with Gasteiger partial charge in [0.2, 0.25) is 10.0 Å². The second-order valence-corrected chi connectivity index (χ2v) is 9.36. The molecule has 6 nitrogen and oxygen atoms in total. The van der Waals surface area contributed by atoms with E-state index in [1.165, 1.54) is 27.4 Å². The van der Waals surface area contributed by atoms with Gasteiger partial charge in [-0.15, -0.1) is 0 Å². The average molecular weight is 435 g/mol. The van der Waals surface area contributed by atoms with Crippen molar-refractivity contribution in [2.24, 2.45) is 0 Å². The highest BCUT2D eigenvalue weighted by molar-refractivity contribution is 7.89. The zero-order valence-electron chi connectivity index (χ0n) is 17.1. The molecule has 0 aromatic heterocycles. The molecule has 3 rings (SSSR count). The van der Waals surface area contributed by atoms with E-state index in [1.807, 2.05) is 0 Å². The zero-order chi connectivity index (χ0) is 21.6. The summed E-state index contributed by atoms with van der Waals surface area (Å²) in [4.78, 5) is 13.9. The number of likely N-dealkylation sites (N-methyl/N-ethyl adjacent to an activating group) is 1. The minimum atomic E-state index is -3.52. The van der Waals surface area contributed by atoms with Gasteiger partial charge in [0, 0.05) is 32.2 Å². The predicted molar refractivity (Wildman–Crippen MR) is 112 cm³/mol. The van der Waals surface area contributed by atoms with E-state index in [0.29, 0.717) is 24.4 Å². The van der Waals surface area contributed by atoms with Gasteiger partial charge in [0.05, 0.1) is 4.90 Å². The molecule has 0 saturated carbocycles. The minimum Gasteiger partial charge on any atom is -0.484 e. The van der Waals surface area contributed by atoms with Gasteiger partial charge in [-0.2, -0.15) is 4.31 Å². The van der Waals surface area contributed by atoms with Crippen molar-refractivity contribution in [2.75, 3.05) is 26.7 Å². The van der Waals surface area contributed by atoms with Gasteiger partial charge in [-0.05, 0) is 43.2 Å². The Morgan fingerprint density at radius 1 is 1.03 bits per heavy atom. The molecule has 1 aliphatic rings. The Morgan fingerprint density at radius 2 is 1.67 bits per heavy atom. The Kier molecular flexibility index (Phi) is 7.44. The smallest absolute Gasteiger partial charge is 0.260 e. The highest BCUT2D eigenvalue weighted by Crippen LogP contribution is 2.22. The van der Waals surface area contributed by atoms with Crippen molar-refractivity contribution >= 4 is 15.9 Å². The molecule has 1 saturated heterocycles. The van der Waals surface area contributed by atoms with Crippen LogP contribution in [0.15, 0.2) is 53.4 Å². The molecule has 2 aromatic carbocycles. The number of carbonyl (C=O) groups is 1. The standard InChI is InChI=1S/C22H27FN2O4S/c1-24(16-18-8-4-5-9-21(18)23)22(26)17-29-19-10-12-20(13-11-19)30(27,28)25-14-6-2-3-7-15-25/h4-5,8-13H,2-3,6-7,14-17H2,1H3. The Hall–Kier alpha value is -2.45. The quantitative estimate of drug-likeness (QED) is 0.670. The lowest BCUT2D eigenvalue weighted by Gasteiger charge is -2.20. The fourth-order valence-corrected chi connectivity index (χ4v) is 4.88. The summed E-state index contributed by atoms with van der Waals surface area (Å²) >= 11 is 0. The van der Waals surface area contributed by atoms with E-state index in [1.54, 1.807) is 37.4 Å². The van der Waals surface area contributed by atoms with Gasteiger partial charge in [-0.1, -0.05) is 31.0 Å². The lowest BCUT2D eigenvalue weighted by molar-refractivity contribution is -0.132. The topological polar surface area (TPSA) is 66.9 Å². The molecule has 0 spiro atoms. The number of rotatable bonds is 7. The molecular weight excluding hydrogens is 407 g/mol. The summed E-state index contributed by atoms with van der Waals surface area (Å²) in [7, 11) is -1.94. The van der Waals surface area contributed by atoms with E-state index in [4.69, 9.17) is 4.74 Å². The number of nitrogens with zero attached hydrogens (tertiary/aromatic N) is 2. The van der Waals surface area contributed by atoms with Crippen molar-refractivity contribution in [1.82, 2.24) is 9.21 Å². The molecular formula is C22H27FN2O4S. The van der Waals surface area contributed by atoms with Crippen LogP contribution in [0.3, 0.4) is 0 Å². The van der Waals surface area contributed by atoms with Crippen molar-refractivity contribution in [1.29, 1.82) is 0 Å². The number of amides is 1. The molecule has 0 aliphatic carbocycles. The Labute approximate surface area is 177 Å². The van der Waals surface area contributed by atoms with Gasteiger partial charge in [-0.25, -0.2) is 12.8 Å². The summed E-state index contributed by atoms with van der Waals surface area (Å²) in [5, 5.41) is 0. The maximum atomic E-state index is 13.7. The maximum absolute atomic E-state index is 13.7. The molecule has 1 fully saturated rings. The highest BCUT2D eigenvalue weighted by Gasteiger charge is 2.25. The molecule has 8 heteroatoms. The number of halogens is 1. The highest BCUT2D eigenvalue weighted by atomic mass is 32.2. The fraction of sp³-hybridized carbons (Fsp3) is 0.409. The number of ether oxygens (including phenoxy) is 1. The first-order valence-corrected chi connectivity index (χ1v) is 11.5. The molecule has 0 bridgehead atoms. The van der Waals surface area contributed by atoms with Gasteiger partial charge in [0.15, 0.2) is 6.61 Å². The maximum Gasteiger partial charge on any atom is 0.260 e. The molecule has 0 N–H and O–H groups in total. The van der Waals surface area contributed by atoms with E-state index < -0.39 is 10.0 Å². The molecule has 162 valence electrons. The summed E-state index contributed by atoms with van der Waals surface area (Å²) in [6.45, 7) is 1.01. The van der Waals surface area contributed by atoms with Crippen LogP contribution in [-0.2, 0) is 21.4 Å². The number of sulfonamides is 1. The third-order valence-corrected chi connectivity index (χ3v) is 7.09. The van der Waals surface area contributed by atoms with Gasteiger partial charge in [-0.3, -0.25) is 4.79 Å². The van der Waals surface area contributed by atoms with E-state index in [-0.39, 0.29) is 29.8 Å². The van der Waals surface area contributed by atoms with E-state index in [2.05, 4.69) is 0 Å². The van der Waals surface area contributed by atoms with E-state index >= 15 is 0 Å². The molecule has 1 aliphatic heterocycles. The normalized spacial score (nSPS) is 15.4. The van der Waals surface area contributed by atoms with Crippen molar-refractivity contribution in [3.05, 3.63) is 59.9 Å². The second-order valence-electron chi connectivity index (χ2n) is 7.42. The van der Waals surface area contributed by atoms with Gasteiger partial charge in [0.25, 0.3) is 5.91 Å². The Balaban J connectivity index is 1.56. The van der Waals surface area contributed by atoms with Crippen LogP contribution >= 0.6 is 0 Å². The van der Waals surface area contributed by atoms with Crippen LogP contribution in [0.1, 0.15) is 31.2 Å². The molecule has 30 heavy (non-hydrogen) atoms. The van der Waals surface area contributed by atoms with Crippen LogP contribution in [0.25, 0.3) is 0 Å². The summed E-state index contributed by atoms with van der Waals surface area (Å²) < 4.78 is 46.4. The number of hydrogen-bond donors (Lipinski definition) is 0. The molecule has 0 radical (unpaired) electrons. The third kappa shape index (κ3) is 5.58. The summed E-state index contributed by atoms with van der Waals surface area (Å²) in [6.07, 6.45) is 3.86. The van der Waals surface area contributed by atoms with Gasteiger partial charge >= 0.3 is 0 Å². The van der Waals surface area contributed by atoms with Crippen LogP contribution < -0.4 is 4.74 Å². The minimum absolute atomic E-state index is 0.141. The molecule has 0 atom stereocenters. The second kappa shape index (κ2) is 10.0. The fourth-order valence-electron chi connectivity index (χ4n) is 3.36. The number of carbonyl (C=O) groups excluding carboxylic acids is 1. The van der Waals surface area contributed by atoms with Crippen LogP contribution in [0.4, 0.5) is 4.39 Å². The lowest BCUT2D eigenvalue weighted by Crippen LogP contribution is -2.32.